The molecule has 0 bridgehead atoms. The molecule has 0 atom stereocenters. The third kappa shape index (κ3) is 6.09. The van der Waals surface area contributed by atoms with Crippen molar-refractivity contribution < 1.29 is 23.4 Å². The van der Waals surface area contributed by atoms with E-state index >= 15 is 0 Å². The number of rotatable bonds is 9. The zero-order valence-electron chi connectivity index (χ0n) is 21.4. The van der Waals surface area contributed by atoms with Crippen molar-refractivity contribution in [2.45, 2.75) is 38.0 Å². The number of carboxylic acids is 1. The Balaban J connectivity index is 1.56. The van der Waals surface area contributed by atoms with Crippen LogP contribution in [0.3, 0.4) is 0 Å². The molecule has 1 aliphatic rings. The van der Waals surface area contributed by atoms with Gasteiger partial charge >= 0.3 is 5.97 Å². The van der Waals surface area contributed by atoms with Crippen LogP contribution in [0.25, 0.3) is 10.6 Å². The number of benzene rings is 2. The molecule has 40 heavy (non-hydrogen) atoms. The number of aromatic carboxylic acids is 1. The largest absolute Gasteiger partial charge is 0.482 e. The standard InChI is InChI=1S/C28H27F2N5O4S/c29-19-7-6-18(21(30)13-19)12-22-33-34-26(40-22)20-14-35(16-28(31)8-10-32-11-9-28)23(27(37)38)25(24(20)36)39-15-17-4-2-1-3-5-17/h1-7,13-14,32H,8-12,15-16,31H2,(H,37,38). The summed E-state index contributed by atoms with van der Waals surface area (Å²) >= 11 is 1.06. The van der Waals surface area contributed by atoms with Crippen LogP contribution in [-0.4, -0.2) is 44.5 Å². The predicted molar refractivity (Wildman–Crippen MR) is 146 cm³/mol. The number of carbonyl (C=O) groups is 1. The van der Waals surface area contributed by atoms with Crippen molar-refractivity contribution in [1.29, 1.82) is 0 Å². The van der Waals surface area contributed by atoms with Gasteiger partial charge in [0.15, 0.2) is 16.5 Å². The maximum atomic E-state index is 14.2. The van der Waals surface area contributed by atoms with E-state index in [1.165, 1.54) is 16.8 Å². The minimum atomic E-state index is -1.33. The van der Waals surface area contributed by atoms with Crippen molar-refractivity contribution in [3.05, 3.63) is 98.4 Å². The number of carboxylic acid groups (broad SMARTS) is 1. The van der Waals surface area contributed by atoms with Crippen molar-refractivity contribution in [3.63, 3.8) is 0 Å². The summed E-state index contributed by atoms with van der Waals surface area (Å²) in [5, 5.41) is 22.3. The normalized spacial score (nSPS) is 14.7. The van der Waals surface area contributed by atoms with E-state index in [2.05, 4.69) is 15.5 Å². The summed E-state index contributed by atoms with van der Waals surface area (Å²) in [6.07, 6.45) is 2.70. The van der Waals surface area contributed by atoms with Crippen LogP contribution in [-0.2, 0) is 19.6 Å². The molecule has 208 valence electrons. The second kappa shape index (κ2) is 11.6. The lowest BCUT2D eigenvalue weighted by molar-refractivity contribution is 0.0674. The van der Waals surface area contributed by atoms with E-state index in [-0.39, 0.29) is 47.2 Å². The van der Waals surface area contributed by atoms with Gasteiger partial charge in [0, 0.05) is 30.8 Å². The fourth-order valence-corrected chi connectivity index (χ4v) is 5.55. The smallest absolute Gasteiger partial charge is 0.356 e. The molecule has 0 amide bonds. The van der Waals surface area contributed by atoms with Crippen LogP contribution in [0, 0.1) is 11.6 Å². The van der Waals surface area contributed by atoms with E-state index < -0.39 is 28.6 Å². The lowest BCUT2D eigenvalue weighted by Gasteiger charge is -2.35. The van der Waals surface area contributed by atoms with Gasteiger partial charge in [0.1, 0.15) is 23.2 Å². The van der Waals surface area contributed by atoms with Crippen molar-refractivity contribution in [3.8, 4) is 16.3 Å². The number of aromatic nitrogens is 3. The number of pyridine rings is 1. The molecule has 1 aliphatic heterocycles. The van der Waals surface area contributed by atoms with Gasteiger partial charge < -0.3 is 25.5 Å². The number of nitrogens with zero attached hydrogens (tertiary/aromatic N) is 3. The summed E-state index contributed by atoms with van der Waals surface area (Å²) in [7, 11) is 0. The average Bonchev–Trinajstić information content (AvgIpc) is 3.39. The zero-order valence-corrected chi connectivity index (χ0v) is 22.2. The maximum absolute atomic E-state index is 14.2. The fraction of sp³-hybridized carbons (Fsp3) is 0.286. The highest BCUT2D eigenvalue weighted by Crippen LogP contribution is 2.29. The van der Waals surface area contributed by atoms with E-state index in [4.69, 9.17) is 10.5 Å². The first-order valence-electron chi connectivity index (χ1n) is 12.7. The van der Waals surface area contributed by atoms with Crippen LogP contribution < -0.4 is 21.2 Å². The topological polar surface area (TPSA) is 132 Å². The molecule has 1 fully saturated rings. The van der Waals surface area contributed by atoms with Crippen LogP contribution in [0.1, 0.15) is 39.5 Å². The number of piperidine rings is 1. The summed E-state index contributed by atoms with van der Waals surface area (Å²) in [6.45, 7) is 1.48. The molecule has 0 spiro atoms. The van der Waals surface area contributed by atoms with Gasteiger partial charge in [-0.15, -0.1) is 10.2 Å². The van der Waals surface area contributed by atoms with Crippen LogP contribution >= 0.6 is 11.3 Å². The zero-order chi connectivity index (χ0) is 28.3. The van der Waals surface area contributed by atoms with Gasteiger partial charge in [0.2, 0.25) is 5.43 Å². The molecule has 4 N–H and O–H groups in total. The number of nitrogens with one attached hydrogen (secondary N) is 1. The van der Waals surface area contributed by atoms with Crippen LogP contribution in [0.15, 0.2) is 59.5 Å². The average molecular weight is 568 g/mol. The Morgan fingerprint density at radius 2 is 1.90 bits per heavy atom. The Morgan fingerprint density at radius 3 is 2.60 bits per heavy atom. The molecular weight excluding hydrogens is 540 g/mol. The second-order valence-corrected chi connectivity index (χ2v) is 10.8. The number of halogens is 2. The lowest BCUT2D eigenvalue weighted by atomic mass is 9.89. The summed E-state index contributed by atoms with van der Waals surface area (Å²) < 4.78 is 34.9. The molecular formula is C28H27F2N5O4S. The third-order valence-electron chi connectivity index (χ3n) is 6.81. The molecule has 9 nitrogen and oxygen atoms in total. The molecule has 4 aromatic rings. The monoisotopic (exact) mass is 567 g/mol. The first-order chi connectivity index (χ1) is 19.2. The maximum Gasteiger partial charge on any atom is 0.356 e. The summed E-state index contributed by atoms with van der Waals surface area (Å²) in [6, 6.07) is 12.3. The lowest BCUT2D eigenvalue weighted by Crippen LogP contribution is -2.52. The molecule has 0 unspecified atom stereocenters. The molecule has 2 aromatic heterocycles. The predicted octanol–water partition coefficient (Wildman–Crippen LogP) is 3.59. The number of hydrogen-bond acceptors (Lipinski definition) is 8. The SMILES string of the molecule is NC1(Cn2cc(-c3nnc(Cc4ccc(F)cc4F)s3)c(=O)c(OCc3ccccc3)c2C(=O)O)CCNCC1. The van der Waals surface area contributed by atoms with Crippen molar-refractivity contribution >= 4 is 17.3 Å². The minimum Gasteiger partial charge on any atom is -0.482 e. The van der Waals surface area contributed by atoms with E-state index in [1.54, 1.807) is 12.1 Å². The Labute approximate surface area is 232 Å². The van der Waals surface area contributed by atoms with Crippen molar-refractivity contribution in [1.82, 2.24) is 20.1 Å². The highest BCUT2D eigenvalue weighted by Gasteiger charge is 2.32. The van der Waals surface area contributed by atoms with Gasteiger partial charge in [-0.2, -0.15) is 0 Å². The Hall–Kier alpha value is -4.00. The quantitative estimate of drug-likeness (QED) is 0.280. The Kier molecular flexibility index (Phi) is 8.01. The Morgan fingerprint density at radius 1 is 1.15 bits per heavy atom. The molecule has 5 rings (SSSR count). The molecule has 0 aliphatic carbocycles. The van der Waals surface area contributed by atoms with Crippen LogP contribution in [0.4, 0.5) is 8.78 Å². The fourth-order valence-electron chi connectivity index (χ4n) is 4.68. The first kappa shape index (κ1) is 27.6. The van der Waals surface area contributed by atoms with E-state index in [0.29, 0.717) is 30.9 Å². The first-order valence-corrected chi connectivity index (χ1v) is 13.5. The Bertz CT molecular complexity index is 1590. The van der Waals surface area contributed by atoms with Gasteiger partial charge in [-0.05, 0) is 43.1 Å². The van der Waals surface area contributed by atoms with Gasteiger partial charge in [-0.25, -0.2) is 13.6 Å². The molecule has 12 heteroatoms. The van der Waals surface area contributed by atoms with E-state index in [1.807, 2.05) is 18.2 Å². The molecule has 0 saturated carbocycles. The summed E-state index contributed by atoms with van der Waals surface area (Å²) in [5.74, 6) is -3.05. The van der Waals surface area contributed by atoms with Gasteiger partial charge in [-0.3, -0.25) is 4.79 Å². The minimum absolute atomic E-state index is 0.0251. The van der Waals surface area contributed by atoms with Crippen molar-refractivity contribution in [2.24, 2.45) is 5.73 Å². The third-order valence-corrected chi connectivity index (χ3v) is 7.76. The molecule has 1 saturated heterocycles. The molecule has 2 aromatic carbocycles. The van der Waals surface area contributed by atoms with Gasteiger partial charge in [-0.1, -0.05) is 47.7 Å². The van der Waals surface area contributed by atoms with Crippen LogP contribution in [0.5, 0.6) is 5.75 Å². The highest BCUT2D eigenvalue weighted by molar-refractivity contribution is 7.14. The van der Waals surface area contributed by atoms with E-state index in [0.717, 1.165) is 29.0 Å². The summed E-state index contributed by atoms with van der Waals surface area (Å²) in [5.41, 5.74) is 6.07. The number of nitrogens with two attached hydrogens (primary N) is 1. The summed E-state index contributed by atoms with van der Waals surface area (Å²) in [4.78, 5) is 26.2. The highest BCUT2D eigenvalue weighted by atomic mass is 32.1. The van der Waals surface area contributed by atoms with Crippen LogP contribution in [0.2, 0.25) is 0 Å². The second-order valence-electron chi connectivity index (χ2n) is 9.78. The van der Waals surface area contributed by atoms with E-state index in [9.17, 15) is 23.5 Å². The van der Waals surface area contributed by atoms with Gasteiger partial charge in [0.05, 0.1) is 5.56 Å². The van der Waals surface area contributed by atoms with Gasteiger partial charge in [0.25, 0.3) is 0 Å². The number of hydrogen-bond donors (Lipinski definition) is 3. The van der Waals surface area contributed by atoms with Crippen molar-refractivity contribution in [2.75, 3.05) is 13.1 Å². The molecule has 0 radical (unpaired) electrons. The molecule has 3 heterocycles. The number of ether oxygens (including phenoxy) is 1.